The molecule has 0 radical (unpaired) electrons. The molecule has 2 aromatic carbocycles. The number of amides is 3. The molecule has 2 aliphatic heterocycles. The number of carbonyl (C=O) groups excluding carboxylic acids is 4. The largest absolute Gasteiger partial charge is 0.426 e. The number of anilines is 2. The van der Waals surface area contributed by atoms with Gasteiger partial charge in [-0.3, -0.25) is 19.2 Å². The SMILES string of the molecule is O=C(Oc1cccc(N2C(=O)[C@@H]3[C@H]4C=C[C@@H]([C@@H]5C[C@H]45)[C@@H]3C2=O)c1)[C@@H]1CC(=O)N(c2cccc(Cl)c2Cl)C1. The van der Waals surface area contributed by atoms with Gasteiger partial charge in [-0.25, -0.2) is 4.90 Å². The van der Waals surface area contributed by atoms with Gasteiger partial charge in [0.25, 0.3) is 0 Å². The Hall–Kier alpha value is -3.16. The van der Waals surface area contributed by atoms with Crippen LogP contribution in [0.25, 0.3) is 0 Å². The lowest BCUT2D eigenvalue weighted by atomic mass is 9.63. The molecule has 2 saturated carbocycles. The van der Waals surface area contributed by atoms with Crippen molar-refractivity contribution in [3.05, 3.63) is 64.7 Å². The molecular weight excluding hydrogens is 515 g/mol. The molecule has 8 rings (SSSR count). The Morgan fingerprint density at radius 3 is 2.30 bits per heavy atom. The second-order valence-electron chi connectivity index (χ2n) is 10.6. The number of nitrogens with zero attached hydrogens (tertiary/aromatic N) is 2. The highest BCUT2D eigenvalue weighted by Gasteiger charge is 2.67. The van der Waals surface area contributed by atoms with Crippen molar-refractivity contribution in [2.24, 2.45) is 41.4 Å². The van der Waals surface area contributed by atoms with Gasteiger partial charge in [-0.15, -0.1) is 0 Å². The number of rotatable bonds is 4. The van der Waals surface area contributed by atoms with Crippen molar-refractivity contribution in [1.82, 2.24) is 0 Å². The predicted octanol–water partition coefficient (Wildman–Crippen LogP) is 4.51. The highest BCUT2D eigenvalue weighted by Crippen LogP contribution is 2.65. The minimum atomic E-state index is -0.697. The van der Waals surface area contributed by atoms with Gasteiger partial charge in [0, 0.05) is 19.0 Å². The quantitative estimate of drug-likeness (QED) is 0.248. The van der Waals surface area contributed by atoms with E-state index in [1.807, 2.05) is 0 Å². The molecule has 9 heteroatoms. The minimum absolute atomic E-state index is 0.0219. The first-order valence-electron chi connectivity index (χ1n) is 12.5. The zero-order valence-electron chi connectivity index (χ0n) is 19.6. The van der Waals surface area contributed by atoms with Crippen molar-refractivity contribution in [3.63, 3.8) is 0 Å². The molecule has 2 aromatic rings. The number of ether oxygens (including phenoxy) is 1. The van der Waals surface area contributed by atoms with E-state index in [2.05, 4.69) is 12.2 Å². The number of halogens is 2. The Balaban J connectivity index is 1.08. The average Bonchev–Trinajstić information content (AvgIpc) is 3.56. The summed E-state index contributed by atoms with van der Waals surface area (Å²) in [5, 5.41) is 0.571. The molecule has 4 aliphatic carbocycles. The highest BCUT2D eigenvalue weighted by molar-refractivity contribution is 6.44. The van der Waals surface area contributed by atoms with Crippen LogP contribution in [0.1, 0.15) is 12.8 Å². The van der Waals surface area contributed by atoms with E-state index in [0.717, 1.165) is 6.42 Å². The van der Waals surface area contributed by atoms with Crippen molar-refractivity contribution in [2.45, 2.75) is 12.8 Å². The van der Waals surface area contributed by atoms with E-state index in [9.17, 15) is 19.2 Å². The third kappa shape index (κ3) is 3.40. The van der Waals surface area contributed by atoms with Crippen LogP contribution in [-0.4, -0.2) is 30.2 Å². The van der Waals surface area contributed by atoms with Gasteiger partial charge in [0.2, 0.25) is 17.7 Å². The maximum Gasteiger partial charge on any atom is 0.316 e. The van der Waals surface area contributed by atoms with Crippen LogP contribution in [0.3, 0.4) is 0 Å². The summed E-state index contributed by atoms with van der Waals surface area (Å²) in [5.41, 5.74) is 0.850. The van der Waals surface area contributed by atoms with Crippen molar-refractivity contribution in [3.8, 4) is 5.75 Å². The fraction of sp³-hybridized carbons (Fsp3) is 0.357. The zero-order valence-corrected chi connectivity index (χ0v) is 21.1. The number of esters is 1. The first kappa shape index (κ1) is 23.0. The maximum absolute atomic E-state index is 13.4. The van der Waals surface area contributed by atoms with Crippen LogP contribution < -0.4 is 14.5 Å². The topological polar surface area (TPSA) is 84.0 Å². The molecule has 0 N–H and O–H groups in total. The number of benzene rings is 2. The summed E-state index contributed by atoms with van der Waals surface area (Å²) >= 11 is 12.4. The molecule has 2 heterocycles. The normalized spacial score (nSPS) is 33.1. The smallest absolute Gasteiger partial charge is 0.316 e. The summed E-state index contributed by atoms with van der Waals surface area (Å²) in [7, 11) is 0. The molecule has 7 nitrogen and oxygen atoms in total. The lowest BCUT2D eigenvalue weighted by molar-refractivity contribution is -0.139. The molecule has 188 valence electrons. The highest BCUT2D eigenvalue weighted by atomic mass is 35.5. The van der Waals surface area contributed by atoms with Crippen molar-refractivity contribution in [1.29, 1.82) is 0 Å². The summed E-state index contributed by atoms with van der Waals surface area (Å²) in [6, 6.07) is 11.5. The van der Waals surface area contributed by atoms with E-state index < -0.39 is 11.9 Å². The Morgan fingerprint density at radius 1 is 0.919 bits per heavy atom. The van der Waals surface area contributed by atoms with Gasteiger partial charge in [0.15, 0.2) is 0 Å². The third-order valence-electron chi connectivity index (χ3n) is 8.64. The number of imide groups is 1. The Labute approximate surface area is 222 Å². The van der Waals surface area contributed by atoms with E-state index in [1.54, 1.807) is 42.5 Å². The van der Waals surface area contributed by atoms with Gasteiger partial charge in [0.1, 0.15) is 5.75 Å². The lowest BCUT2D eigenvalue weighted by Crippen LogP contribution is -2.40. The number of allylic oxidation sites excluding steroid dienone is 2. The molecule has 7 atom stereocenters. The molecule has 6 aliphatic rings. The van der Waals surface area contributed by atoms with Crippen LogP contribution >= 0.6 is 23.2 Å². The fourth-order valence-corrected chi connectivity index (χ4v) is 7.29. The number of carbonyl (C=O) groups is 4. The average molecular weight is 537 g/mol. The van der Waals surface area contributed by atoms with Gasteiger partial charge >= 0.3 is 5.97 Å². The summed E-state index contributed by atoms with van der Waals surface area (Å²) in [4.78, 5) is 55.1. The van der Waals surface area contributed by atoms with E-state index in [0.29, 0.717) is 28.2 Å². The van der Waals surface area contributed by atoms with Crippen LogP contribution in [0.4, 0.5) is 11.4 Å². The molecule has 2 bridgehead atoms. The van der Waals surface area contributed by atoms with Crippen molar-refractivity contribution in [2.75, 3.05) is 16.3 Å². The summed E-state index contributed by atoms with van der Waals surface area (Å²) < 4.78 is 5.61. The van der Waals surface area contributed by atoms with Gasteiger partial charge in [0.05, 0.1) is 39.2 Å². The van der Waals surface area contributed by atoms with E-state index in [1.165, 1.54) is 9.80 Å². The van der Waals surface area contributed by atoms with Crippen LogP contribution in [0.2, 0.25) is 10.0 Å². The summed E-state index contributed by atoms with van der Waals surface area (Å²) in [5.74, 6) is -0.915. The molecule has 0 spiro atoms. The fourth-order valence-electron chi connectivity index (χ4n) is 6.90. The van der Waals surface area contributed by atoms with Crippen LogP contribution in [0.5, 0.6) is 5.75 Å². The zero-order chi connectivity index (χ0) is 25.6. The first-order valence-corrected chi connectivity index (χ1v) is 13.2. The predicted molar refractivity (Wildman–Crippen MR) is 136 cm³/mol. The van der Waals surface area contributed by atoms with E-state index >= 15 is 0 Å². The Kier molecular flexibility index (Phi) is 5.08. The van der Waals surface area contributed by atoms with Crippen LogP contribution in [-0.2, 0) is 19.2 Å². The Bertz CT molecular complexity index is 1390. The molecule has 3 amide bonds. The molecule has 0 aromatic heterocycles. The number of hydrogen-bond donors (Lipinski definition) is 0. The monoisotopic (exact) mass is 536 g/mol. The molecule has 0 unspecified atom stereocenters. The van der Waals surface area contributed by atoms with Crippen molar-refractivity contribution >= 4 is 58.3 Å². The summed E-state index contributed by atoms with van der Waals surface area (Å²) in [6.45, 7) is 0.113. The van der Waals surface area contributed by atoms with Gasteiger partial charge in [-0.1, -0.05) is 47.5 Å². The summed E-state index contributed by atoms with van der Waals surface area (Å²) in [6.07, 6.45) is 5.35. The molecule has 37 heavy (non-hydrogen) atoms. The second kappa shape index (κ2) is 8.17. The molecule has 2 saturated heterocycles. The van der Waals surface area contributed by atoms with Crippen LogP contribution in [0.15, 0.2) is 54.6 Å². The van der Waals surface area contributed by atoms with Gasteiger partial charge in [-0.05, 0) is 54.4 Å². The van der Waals surface area contributed by atoms with E-state index in [4.69, 9.17) is 27.9 Å². The van der Waals surface area contributed by atoms with Crippen molar-refractivity contribution < 1.29 is 23.9 Å². The van der Waals surface area contributed by atoms with Gasteiger partial charge < -0.3 is 9.64 Å². The molecular formula is C28H22Cl2N2O5. The third-order valence-corrected chi connectivity index (χ3v) is 9.45. The van der Waals surface area contributed by atoms with Crippen LogP contribution in [0, 0.1) is 41.4 Å². The second-order valence-corrected chi connectivity index (χ2v) is 11.3. The Morgan fingerprint density at radius 2 is 1.59 bits per heavy atom. The molecule has 4 fully saturated rings. The maximum atomic E-state index is 13.4. The lowest BCUT2D eigenvalue weighted by Gasteiger charge is -2.37. The first-order chi connectivity index (χ1) is 17.8. The van der Waals surface area contributed by atoms with Gasteiger partial charge in [-0.2, -0.15) is 0 Å². The number of hydrogen-bond acceptors (Lipinski definition) is 5. The van der Waals surface area contributed by atoms with E-state index in [-0.39, 0.29) is 65.1 Å². The minimum Gasteiger partial charge on any atom is -0.426 e. The standard InChI is InChI=1S/C28H22Cl2N2O5/c29-20-5-2-6-21(25(20)30)31-12-13(9-22(31)33)28(36)37-15-4-1-3-14(10-15)32-26(34)23-16-7-8-17(19-11-18(16)19)24(23)27(32)35/h1-8,10,13,16-19,23-24H,9,11-12H2/t13-,16+,17+,18-,19+,23-,24+/m1/s1.